The molecule has 0 fully saturated rings. The summed E-state index contributed by atoms with van der Waals surface area (Å²) in [6, 6.07) is 21.6. The molecule has 152 valence electrons. The number of ether oxygens (including phenoxy) is 3. The van der Waals surface area contributed by atoms with Crippen LogP contribution in [0.5, 0.6) is 17.2 Å². The number of hydrogen-bond donors (Lipinski definition) is 0. The highest BCUT2D eigenvalue weighted by Crippen LogP contribution is 2.41. The molecular weight excluding hydrogens is 372 g/mol. The zero-order valence-corrected chi connectivity index (χ0v) is 17.1. The molecular formula is C27H26O3. The lowest BCUT2D eigenvalue weighted by Gasteiger charge is -2.28. The van der Waals surface area contributed by atoms with Gasteiger partial charge in [0.05, 0.1) is 6.61 Å². The molecule has 0 N–H and O–H groups in total. The Bertz CT molecular complexity index is 1060. The van der Waals surface area contributed by atoms with E-state index >= 15 is 0 Å². The summed E-state index contributed by atoms with van der Waals surface area (Å²) in [5, 5.41) is 0. The number of para-hydroxylation sites is 1. The summed E-state index contributed by atoms with van der Waals surface area (Å²) in [4.78, 5) is 0. The zero-order chi connectivity index (χ0) is 19.9. The van der Waals surface area contributed by atoms with Crippen molar-refractivity contribution in [1.82, 2.24) is 0 Å². The van der Waals surface area contributed by atoms with Gasteiger partial charge in [-0.3, -0.25) is 0 Å². The van der Waals surface area contributed by atoms with Crippen molar-refractivity contribution in [3.63, 3.8) is 0 Å². The van der Waals surface area contributed by atoms with Crippen molar-refractivity contribution in [2.45, 2.75) is 50.7 Å². The van der Waals surface area contributed by atoms with Crippen LogP contribution < -0.4 is 14.2 Å². The largest absolute Gasteiger partial charge is 0.493 e. The van der Waals surface area contributed by atoms with Gasteiger partial charge in [-0.2, -0.15) is 0 Å². The van der Waals surface area contributed by atoms with E-state index in [0.717, 1.165) is 56.0 Å². The average Bonchev–Trinajstić information content (AvgIpc) is 3.09. The van der Waals surface area contributed by atoms with Crippen molar-refractivity contribution in [3.05, 3.63) is 88.5 Å². The molecule has 3 aliphatic rings. The van der Waals surface area contributed by atoms with Gasteiger partial charge in [0.2, 0.25) is 0 Å². The maximum absolute atomic E-state index is 6.51. The van der Waals surface area contributed by atoms with Gasteiger partial charge >= 0.3 is 0 Å². The minimum atomic E-state index is 0.0672. The Morgan fingerprint density at radius 1 is 0.633 bits per heavy atom. The molecule has 0 amide bonds. The fourth-order valence-corrected chi connectivity index (χ4v) is 4.90. The Morgan fingerprint density at radius 2 is 1.40 bits per heavy atom. The Balaban J connectivity index is 1.24. The Labute approximate surface area is 177 Å². The molecule has 3 heteroatoms. The molecule has 0 aromatic heterocycles. The van der Waals surface area contributed by atoms with E-state index in [0.29, 0.717) is 0 Å². The van der Waals surface area contributed by atoms with Gasteiger partial charge in [0, 0.05) is 6.42 Å². The van der Waals surface area contributed by atoms with Crippen LogP contribution in [0.15, 0.2) is 60.7 Å². The zero-order valence-electron chi connectivity index (χ0n) is 17.1. The maximum Gasteiger partial charge on any atom is 0.128 e. The maximum atomic E-state index is 6.51. The first kappa shape index (κ1) is 17.9. The molecule has 3 aromatic rings. The summed E-state index contributed by atoms with van der Waals surface area (Å²) in [6.07, 6.45) is 6.53. The smallest absolute Gasteiger partial charge is 0.128 e. The van der Waals surface area contributed by atoms with Crippen LogP contribution in [0, 0.1) is 0 Å². The minimum absolute atomic E-state index is 0.0672. The SMILES string of the molecule is c1ccc2c(c1)CC(c1ccc3c(c1)OC(c1ccc4c(c1)OCCCC4)CC3)O2. The van der Waals surface area contributed by atoms with Crippen LogP contribution in [0.2, 0.25) is 0 Å². The van der Waals surface area contributed by atoms with Crippen LogP contribution in [0.3, 0.4) is 0 Å². The predicted molar refractivity (Wildman–Crippen MR) is 117 cm³/mol. The third kappa shape index (κ3) is 3.23. The topological polar surface area (TPSA) is 27.7 Å². The van der Waals surface area contributed by atoms with Crippen LogP contribution in [0.4, 0.5) is 0 Å². The molecule has 0 spiro atoms. The quantitative estimate of drug-likeness (QED) is 0.519. The van der Waals surface area contributed by atoms with E-state index in [1.165, 1.54) is 34.2 Å². The second kappa shape index (κ2) is 7.39. The highest BCUT2D eigenvalue weighted by molar-refractivity contribution is 5.45. The molecule has 6 rings (SSSR count). The van der Waals surface area contributed by atoms with E-state index in [1.807, 2.05) is 6.07 Å². The Hall–Kier alpha value is -2.94. The Kier molecular flexibility index (Phi) is 4.40. The third-order valence-corrected chi connectivity index (χ3v) is 6.62. The van der Waals surface area contributed by atoms with Crippen LogP contribution in [-0.2, 0) is 19.3 Å². The van der Waals surface area contributed by atoms with E-state index in [1.54, 1.807) is 0 Å². The van der Waals surface area contributed by atoms with Crippen LogP contribution in [0.1, 0.15) is 59.3 Å². The summed E-state index contributed by atoms with van der Waals surface area (Å²) in [5.41, 5.74) is 6.31. The van der Waals surface area contributed by atoms with Gasteiger partial charge in [-0.05, 0) is 78.1 Å². The van der Waals surface area contributed by atoms with Crippen molar-refractivity contribution in [3.8, 4) is 17.2 Å². The molecule has 3 heterocycles. The molecule has 2 atom stereocenters. The van der Waals surface area contributed by atoms with Crippen LogP contribution >= 0.6 is 0 Å². The fourth-order valence-electron chi connectivity index (χ4n) is 4.90. The second-order valence-corrected chi connectivity index (χ2v) is 8.60. The van der Waals surface area contributed by atoms with Gasteiger partial charge in [0.15, 0.2) is 0 Å². The van der Waals surface area contributed by atoms with Crippen LogP contribution in [0.25, 0.3) is 0 Å². The summed E-state index contributed by atoms with van der Waals surface area (Å²) < 4.78 is 18.7. The lowest BCUT2D eigenvalue weighted by Crippen LogP contribution is -2.16. The number of rotatable bonds is 2. The van der Waals surface area contributed by atoms with Gasteiger partial charge in [-0.25, -0.2) is 0 Å². The van der Waals surface area contributed by atoms with Crippen molar-refractivity contribution in [1.29, 1.82) is 0 Å². The van der Waals surface area contributed by atoms with Gasteiger partial charge in [-0.1, -0.05) is 42.5 Å². The third-order valence-electron chi connectivity index (χ3n) is 6.62. The summed E-state index contributed by atoms with van der Waals surface area (Å²) >= 11 is 0. The van der Waals surface area contributed by atoms with E-state index in [9.17, 15) is 0 Å². The number of benzene rings is 3. The Morgan fingerprint density at radius 3 is 2.30 bits per heavy atom. The van der Waals surface area contributed by atoms with E-state index in [4.69, 9.17) is 14.2 Å². The molecule has 0 saturated heterocycles. The molecule has 0 bridgehead atoms. The van der Waals surface area contributed by atoms with Crippen molar-refractivity contribution in [2.75, 3.05) is 6.61 Å². The lowest BCUT2D eigenvalue weighted by molar-refractivity contribution is 0.174. The number of fused-ring (bicyclic) bond motifs is 3. The van der Waals surface area contributed by atoms with Gasteiger partial charge in [0.1, 0.15) is 29.5 Å². The first-order chi connectivity index (χ1) is 14.8. The first-order valence-electron chi connectivity index (χ1n) is 11.1. The normalized spacial score (nSPS) is 21.9. The molecule has 0 saturated carbocycles. The van der Waals surface area contributed by atoms with Crippen molar-refractivity contribution < 1.29 is 14.2 Å². The first-order valence-corrected chi connectivity index (χ1v) is 11.1. The minimum Gasteiger partial charge on any atom is -0.493 e. The highest BCUT2D eigenvalue weighted by Gasteiger charge is 2.27. The molecule has 3 nitrogen and oxygen atoms in total. The molecule has 3 aliphatic heterocycles. The van der Waals surface area contributed by atoms with Crippen LogP contribution in [-0.4, -0.2) is 6.61 Å². The standard InChI is InChI=1S/C27H26O3/c1-2-7-23-20(6-1)16-27(29-23)22-11-9-19-12-13-24(30-26(19)17-22)21-10-8-18-5-3-4-14-28-25(18)15-21/h1-2,6-11,15,17,24,27H,3-5,12-14,16H2. The number of aryl methyl sites for hydroxylation is 2. The van der Waals surface area contributed by atoms with Gasteiger partial charge < -0.3 is 14.2 Å². The number of hydrogen-bond acceptors (Lipinski definition) is 3. The molecule has 30 heavy (non-hydrogen) atoms. The van der Waals surface area contributed by atoms with E-state index in [2.05, 4.69) is 54.6 Å². The molecule has 0 radical (unpaired) electrons. The van der Waals surface area contributed by atoms with E-state index < -0.39 is 0 Å². The fraction of sp³-hybridized carbons (Fsp3) is 0.333. The second-order valence-electron chi connectivity index (χ2n) is 8.60. The summed E-state index contributed by atoms with van der Waals surface area (Å²) in [7, 11) is 0. The van der Waals surface area contributed by atoms with Gasteiger partial charge in [0.25, 0.3) is 0 Å². The highest BCUT2D eigenvalue weighted by atomic mass is 16.5. The predicted octanol–water partition coefficient (Wildman–Crippen LogP) is 6.14. The van der Waals surface area contributed by atoms with E-state index in [-0.39, 0.29) is 12.2 Å². The molecule has 3 aromatic carbocycles. The summed E-state index contributed by atoms with van der Waals surface area (Å²) in [5.74, 6) is 3.05. The average molecular weight is 399 g/mol. The monoisotopic (exact) mass is 398 g/mol. The molecule has 0 aliphatic carbocycles. The van der Waals surface area contributed by atoms with Crippen molar-refractivity contribution >= 4 is 0 Å². The summed E-state index contributed by atoms with van der Waals surface area (Å²) in [6.45, 7) is 0.817. The van der Waals surface area contributed by atoms with Gasteiger partial charge in [-0.15, -0.1) is 0 Å². The molecule has 2 unspecified atom stereocenters. The lowest BCUT2D eigenvalue weighted by atomic mass is 9.94. The van der Waals surface area contributed by atoms with Crippen molar-refractivity contribution in [2.24, 2.45) is 0 Å².